The van der Waals surface area contributed by atoms with Crippen LogP contribution in [0.4, 0.5) is 28.2 Å². The molecule has 0 bridgehead atoms. The van der Waals surface area contributed by atoms with E-state index < -0.39 is 59.2 Å². The standard InChI is InChI=1S/C37H39F4N5O4/c1-5-45-33-32(29(44-46(33)27-12-7-6-8-13-27)22-42-18-19-43-35(49)50-36(2,3)4)31(23-14-16-26(38)17-15-23)28(34(45)48)21-30(47)24-10-9-11-25(20-24)37(39,40)41/h6-17,20,28,31,42H,5,18-19,21-22H2,1-4H3,(H,43,49)/t28-,31+/m0/s1. The number of ketones is 1. The van der Waals surface area contributed by atoms with Gasteiger partial charge in [-0.2, -0.15) is 18.3 Å². The van der Waals surface area contributed by atoms with Crippen molar-refractivity contribution in [2.24, 2.45) is 5.92 Å². The largest absolute Gasteiger partial charge is 0.444 e. The summed E-state index contributed by atoms with van der Waals surface area (Å²) in [5.74, 6) is -2.91. The molecule has 2 N–H and O–H groups in total. The number of nitrogens with zero attached hydrogens (tertiary/aromatic N) is 3. The topological polar surface area (TPSA) is 106 Å². The summed E-state index contributed by atoms with van der Waals surface area (Å²) in [5, 5.41) is 10.9. The normalized spacial score (nSPS) is 16.2. The fourth-order valence-electron chi connectivity index (χ4n) is 6.11. The van der Waals surface area contributed by atoms with Gasteiger partial charge >= 0.3 is 12.3 Å². The van der Waals surface area contributed by atoms with E-state index in [-0.39, 0.29) is 25.2 Å². The molecule has 0 saturated carbocycles. The lowest BCUT2D eigenvalue weighted by atomic mass is 9.74. The van der Waals surface area contributed by atoms with Crippen LogP contribution < -0.4 is 15.5 Å². The second kappa shape index (κ2) is 14.8. The van der Waals surface area contributed by atoms with Crippen molar-refractivity contribution in [1.29, 1.82) is 0 Å². The summed E-state index contributed by atoms with van der Waals surface area (Å²) in [6.45, 7) is 8.05. The van der Waals surface area contributed by atoms with Crippen molar-refractivity contribution < 1.29 is 36.7 Å². The molecule has 0 aliphatic carbocycles. The molecule has 0 fully saturated rings. The Morgan fingerprint density at radius 3 is 2.28 bits per heavy atom. The Kier molecular flexibility index (Phi) is 10.8. The molecule has 0 spiro atoms. The zero-order chi connectivity index (χ0) is 36.2. The maximum absolute atomic E-state index is 14.4. The number of halogens is 4. The number of carbonyl (C=O) groups is 3. The molecule has 3 aromatic carbocycles. The zero-order valence-electron chi connectivity index (χ0n) is 28.2. The lowest BCUT2D eigenvalue weighted by Crippen LogP contribution is -2.45. The molecule has 2 heterocycles. The Morgan fingerprint density at radius 1 is 0.940 bits per heavy atom. The number of amides is 2. The molecule has 1 aromatic heterocycles. The van der Waals surface area contributed by atoms with E-state index in [1.54, 1.807) is 44.5 Å². The van der Waals surface area contributed by atoms with E-state index in [0.717, 1.165) is 18.2 Å². The minimum absolute atomic E-state index is 0.168. The van der Waals surface area contributed by atoms with Crippen molar-refractivity contribution in [2.45, 2.75) is 58.4 Å². The molecule has 0 saturated heterocycles. The van der Waals surface area contributed by atoms with Crippen LogP contribution in [0, 0.1) is 11.7 Å². The summed E-state index contributed by atoms with van der Waals surface area (Å²) in [7, 11) is 0. The Morgan fingerprint density at radius 2 is 1.64 bits per heavy atom. The second-order valence-electron chi connectivity index (χ2n) is 13.0. The molecule has 0 unspecified atom stereocenters. The highest BCUT2D eigenvalue weighted by Gasteiger charge is 2.46. The monoisotopic (exact) mass is 693 g/mol. The number of carbonyl (C=O) groups excluding carboxylic acids is 3. The first kappa shape index (κ1) is 36.2. The van der Waals surface area contributed by atoms with E-state index >= 15 is 0 Å². The molecule has 1 aliphatic heterocycles. The number of rotatable bonds is 11. The van der Waals surface area contributed by atoms with Crippen LogP contribution in [0.3, 0.4) is 0 Å². The van der Waals surface area contributed by atoms with Gasteiger partial charge in [0, 0.05) is 49.6 Å². The number of hydrogen-bond donors (Lipinski definition) is 2. The molecule has 264 valence electrons. The molecule has 9 nitrogen and oxygen atoms in total. The molecule has 13 heteroatoms. The predicted molar refractivity (Wildman–Crippen MR) is 180 cm³/mol. The smallest absolute Gasteiger partial charge is 0.416 e. The summed E-state index contributed by atoms with van der Waals surface area (Å²) < 4.78 is 61.7. The molecule has 1 aliphatic rings. The van der Waals surface area contributed by atoms with Crippen molar-refractivity contribution in [1.82, 2.24) is 20.4 Å². The first-order valence-corrected chi connectivity index (χ1v) is 16.3. The summed E-state index contributed by atoms with van der Waals surface area (Å²) in [6, 6.07) is 18.9. The van der Waals surface area contributed by atoms with Gasteiger partial charge in [0.05, 0.1) is 22.9 Å². The fraction of sp³-hybridized carbons (Fsp3) is 0.351. The maximum Gasteiger partial charge on any atom is 0.416 e. The molecule has 50 heavy (non-hydrogen) atoms. The number of alkyl carbamates (subject to hydrolysis) is 1. The quantitative estimate of drug-likeness (QED) is 0.0993. The van der Waals surface area contributed by atoms with E-state index in [1.807, 2.05) is 30.3 Å². The van der Waals surface area contributed by atoms with Crippen LogP contribution in [0.1, 0.15) is 72.8 Å². The van der Waals surface area contributed by atoms with Gasteiger partial charge < -0.3 is 15.4 Å². The maximum atomic E-state index is 14.4. The first-order valence-electron chi connectivity index (χ1n) is 16.3. The van der Waals surface area contributed by atoms with Crippen LogP contribution in [-0.2, 0) is 22.3 Å². The number of para-hydroxylation sites is 1. The van der Waals surface area contributed by atoms with Gasteiger partial charge in [0.1, 0.15) is 17.2 Å². The van der Waals surface area contributed by atoms with E-state index in [9.17, 15) is 31.9 Å². The molecular weight excluding hydrogens is 654 g/mol. The Bertz CT molecular complexity index is 1840. The van der Waals surface area contributed by atoms with Crippen LogP contribution in [0.5, 0.6) is 0 Å². The number of ether oxygens (including phenoxy) is 1. The van der Waals surface area contributed by atoms with Gasteiger partial charge in [-0.05, 0) is 69.7 Å². The van der Waals surface area contributed by atoms with Crippen LogP contribution in [0.2, 0.25) is 0 Å². The zero-order valence-corrected chi connectivity index (χ0v) is 28.2. The van der Waals surface area contributed by atoms with Gasteiger partial charge in [-0.3, -0.25) is 14.5 Å². The summed E-state index contributed by atoms with van der Waals surface area (Å²) >= 11 is 0. The fourth-order valence-corrected chi connectivity index (χ4v) is 6.11. The number of hydrogen-bond acceptors (Lipinski definition) is 6. The lowest BCUT2D eigenvalue weighted by molar-refractivity contribution is -0.137. The van der Waals surface area contributed by atoms with E-state index in [4.69, 9.17) is 9.84 Å². The lowest BCUT2D eigenvalue weighted by Gasteiger charge is -2.38. The van der Waals surface area contributed by atoms with E-state index in [0.29, 0.717) is 34.9 Å². The molecule has 4 aromatic rings. The molecule has 0 radical (unpaired) electrons. The number of aromatic nitrogens is 2. The average molecular weight is 694 g/mol. The van der Waals surface area contributed by atoms with Crippen molar-refractivity contribution in [3.8, 4) is 5.69 Å². The average Bonchev–Trinajstić information content (AvgIpc) is 3.43. The van der Waals surface area contributed by atoms with Gasteiger partial charge in [0.25, 0.3) is 0 Å². The van der Waals surface area contributed by atoms with E-state index in [2.05, 4.69) is 10.6 Å². The van der Waals surface area contributed by atoms with Crippen molar-refractivity contribution in [2.75, 3.05) is 24.5 Å². The highest BCUT2D eigenvalue weighted by molar-refractivity contribution is 6.04. The molecule has 2 amide bonds. The molecule has 5 rings (SSSR count). The first-order chi connectivity index (χ1) is 23.7. The van der Waals surface area contributed by atoms with Crippen LogP contribution >= 0.6 is 0 Å². The second-order valence-corrected chi connectivity index (χ2v) is 13.0. The van der Waals surface area contributed by atoms with Gasteiger partial charge in [0.15, 0.2) is 5.78 Å². The highest BCUT2D eigenvalue weighted by Crippen LogP contribution is 2.47. The van der Waals surface area contributed by atoms with Crippen molar-refractivity contribution in [3.63, 3.8) is 0 Å². The minimum atomic E-state index is -4.65. The molecular formula is C37H39F4N5O4. The number of fused-ring (bicyclic) bond motifs is 1. The Balaban J connectivity index is 1.56. The van der Waals surface area contributed by atoms with Gasteiger partial charge in [0.2, 0.25) is 5.91 Å². The predicted octanol–water partition coefficient (Wildman–Crippen LogP) is 7.03. The minimum Gasteiger partial charge on any atom is -0.444 e. The number of nitrogens with one attached hydrogen (secondary N) is 2. The summed E-state index contributed by atoms with van der Waals surface area (Å²) in [6.07, 6.45) is -5.62. The highest BCUT2D eigenvalue weighted by atomic mass is 19.4. The Labute approximate surface area is 287 Å². The summed E-state index contributed by atoms with van der Waals surface area (Å²) in [4.78, 5) is 41.8. The Hall–Kier alpha value is -5.04. The van der Waals surface area contributed by atoms with Gasteiger partial charge in [-0.25, -0.2) is 13.9 Å². The van der Waals surface area contributed by atoms with E-state index in [1.165, 1.54) is 23.1 Å². The summed E-state index contributed by atoms with van der Waals surface area (Å²) in [5.41, 5.74) is 0.582. The third-order valence-corrected chi connectivity index (χ3v) is 8.25. The number of benzene rings is 3. The number of Topliss-reactive ketones (excluding diaryl/α,β-unsaturated/α-hetero) is 1. The van der Waals surface area contributed by atoms with Crippen molar-refractivity contribution in [3.05, 3.63) is 113 Å². The van der Waals surface area contributed by atoms with Crippen LogP contribution in [-0.4, -0.2) is 52.8 Å². The van der Waals surface area contributed by atoms with Gasteiger partial charge in [-0.1, -0.05) is 42.5 Å². The van der Waals surface area contributed by atoms with Crippen LogP contribution in [0.25, 0.3) is 5.69 Å². The number of alkyl halides is 3. The molecule has 2 atom stereocenters. The SMILES string of the molecule is CCN1C(=O)[C@@H](CC(=O)c2cccc(C(F)(F)F)c2)[C@@H](c2ccc(F)cc2)c2c(CNCCNC(=O)OC(C)(C)C)nn(-c3ccccc3)c21. The van der Waals surface area contributed by atoms with Gasteiger partial charge in [-0.15, -0.1) is 0 Å². The number of anilines is 1. The van der Waals surface area contributed by atoms with Crippen LogP contribution in [0.15, 0.2) is 78.9 Å². The third kappa shape index (κ3) is 8.21. The third-order valence-electron chi connectivity index (χ3n) is 8.25. The van der Waals surface area contributed by atoms with Crippen molar-refractivity contribution >= 4 is 23.6 Å².